The van der Waals surface area contributed by atoms with Crippen molar-refractivity contribution in [3.63, 3.8) is 0 Å². The van der Waals surface area contributed by atoms with Crippen LogP contribution >= 0.6 is 0 Å². The number of carbonyl (C=O) groups excluding carboxylic acids is 2. The van der Waals surface area contributed by atoms with Crippen LogP contribution in [-0.4, -0.2) is 16.7 Å². The molecular formula is C13H14N2O3. The molecule has 0 radical (unpaired) electrons. The molecule has 1 aromatic heterocycles. The van der Waals surface area contributed by atoms with Crippen LogP contribution < -0.4 is 5.32 Å². The number of fused-ring (bicyclic) bond motifs is 1. The third kappa shape index (κ3) is 2.74. The number of hydrogen-bond donors (Lipinski definition) is 1. The predicted molar refractivity (Wildman–Crippen MR) is 67.3 cm³/mol. The molecule has 1 amide bonds. The van der Waals surface area contributed by atoms with Gasteiger partial charge in [0.2, 0.25) is 5.91 Å². The van der Waals surface area contributed by atoms with Crippen LogP contribution in [0.5, 0.6) is 0 Å². The Labute approximate surface area is 104 Å². The molecule has 0 aliphatic rings. The van der Waals surface area contributed by atoms with Crippen LogP contribution in [0.4, 0.5) is 5.69 Å². The number of aryl methyl sites for hydroxylation is 1. The topological polar surface area (TPSA) is 72.2 Å². The molecule has 0 fully saturated rings. The van der Waals surface area contributed by atoms with Crippen molar-refractivity contribution in [1.82, 2.24) is 4.98 Å². The first-order valence-corrected chi connectivity index (χ1v) is 5.77. The maximum Gasteiger partial charge on any atom is 0.231 e. The number of Topliss-reactive ketones (excluding diaryl/α,β-unsaturated/α-hetero) is 1. The molecule has 0 saturated heterocycles. The van der Waals surface area contributed by atoms with Crippen LogP contribution in [0.1, 0.15) is 26.2 Å². The number of rotatable bonds is 4. The van der Waals surface area contributed by atoms with Gasteiger partial charge in [-0.3, -0.25) is 9.59 Å². The number of ketones is 1. The zero-order valence-corrected chi connectivity index (χ0v) is 10.3. The molecule has 0 unspecified atom stereocenters. The Morgan fingerprint density at radius 1 is 1.39 bits per heavy atom. The number of aromatic nitrogens is 1. The zero-order valence-electron chi connectivity index (χ0n) is 10.3. The summed E-state index contributed by atoms with van der Waals surface area (Å²) < 4.78 is 5.46. The molecule has 18 heavy (non-hydrogen) atoms. The molecule has 1 aromatic carbocycles. The minimum absolute atomic E-state index is 0.114. The minimum Gasteiger partial charge on any atom is -0.441 e. The van der Waals surface area contributed by atoms with Crippen LogP contribution in [-0.2, 0) is 16.0 Å². The molecule has 0 spiro atoms. The van der Waals surface area contributed by atoms with Gasteiger partial charge in [0.25, 0.3) is 0 Å². The summed E-state index contributed by atoms with van der Waals surface area (Å²) >= 11 is 0. The van der Waals surface area contributed by atoms with Crippen LogP contribution in [0.2, 0.25) is 0 Å². The molecule has 0 aliphatic heterocycles. The van der Waals surface area contributed by atoms with E-state index in [1.165, 1.54) is 6.92 Å². The van der Waals surface area contributed by atoms with Gasteiger partial charge in [0.05, 0.1) is 6.42 Å². The molecule has 0 saturated carbocycles. The van der Waals surface area contributed by atoms with Crippen molar-refractivity contribution in [3.05, 3.63) is 24.1 Å². The first-order chi connectivity index (χ1) is 8.58. The fourth-order valence-electron chi connectivity index (χ4n) is 1.64. The predicted octanol–water partition coefficient (Wildman–Crippen LogP) is 2.31. The monoisotopic (exact) mass is 246 g/mol. The molecule has 1 N–H and O–H groups in total. The van der Waals surface area contributed by atoms with E-state index in [1.54, 1.807) is 18.2 Å². The van der Waals surface area contributed by atoms with Crippen molar-refractivity contribution >= 4 is 28.5 Å². The second-order valence-corrected chi connectivity index (χ2v) is 4.07. The molecule has 0 atom stereocenters. The summed E-state index contributed by atoms with van der Waals surface area (Å²) in [4.78, 5) is 26.5. The maximum absolute atomic E-state index is 11.4. The molecule has 2 aromatic rings. The van der Waals surface area contributed by atoms with Gasteiger partial charge in [-0.1, -0.05) is 6.92 Å². The second-order valence-electron chi connectivity index (χ2n) is 4.07. The van der Waals surface area contributed by atoms with Crippen molar-refractivity contribution in [2.45, 2.75) is 26.7 Å². The van der Waals surface area contributed by atoms with Crippen molar-refractivity contribution in [2.24, 2.45) is 0 Å². The van der Waals surface area contributed by atoms with Crippen LogP contribution in [0.25, 0.3) is 11.1 Å². The Kier molecular flexibility index (Phi) is 3.41. The van der Waals surface area contributed by atoms with Crippen molar-refractivity contribution in [2.75, 3.05) is 5.32 Å². The summed E-state index contributed by atoms with van der Waals surface area (Å²) in [6, 6.07) is 5.21. The maximum atomic E-state index is 11.4. The second kappa shape index (κ2) is 5.00. The largest absolute Gasteiger partial charge is 0.441 e. The van der Waals surface area contributed by atoms with Gasteiger partial charge in [-0.2, -0.15) is 0 Å². The molecule has 94 valence electrons. The number of nitrogens with zero attached hydrogens (tertiary/aromatic N) is 1. The Morgan fingerprint density at radius 3 is 2.83 bits per heavy atom. The number of hydrogen-bond acceptors (Lipinski definition) is 4. The van der Waals surface area contributed by atoms with Gasteiger partial charge in [0.15, 0.2) is 11.5 Å². The van der Waals surface area contributed by atoms with Gasteiger partial charge in [-0.15, -0.1) is 0 Å². The third-order valence-corrected chi connectivity index (χ3v) is 2.43. The molecular weight excluding hydrogens is 232 g/mol. The zero-order chi connectivity index (χ0) is 13.1. The van der Waals surface area contributed by atoms with Gasteiger partial charge in [0.1, 0.15) is 11.3 Å². The van der Waals surface area contributed by atoms with E-state index in [2.05, 4.69) is 10.3 Å². The first kappa shape index (κ1) is 12.3. The molecule has 1 heterocycles. The fraction of sp³-hybridized carbons (Fsp3) is 0.308. The normalized spacial score (nSPS) is 10.6. The van der Waals surface area contributed by atoms with E-state index in [9.17, 15) is 9.59 Å². The summed E-state index contributed by atoms with van der Waals surface area (Å²) in [6.07, 6.45) is 0.609. The average Bonchev–Trinajstić information content (AvgIpc) is 2.69. The summed E-state index contributed by atoms with van der Waals surface area (Å²) in [5.74, 6) is 0.182. The number of benzene rings is 1. The average molecular weight is 246 g/mol. The molecule has 5 nitrogen and oxygen atoms in total. The van der Waals surface area contributed by atoms with E-state index in [4.69, 9.17) is 4.42 Å². The lowest BCUT2D eigenvalue weighted by Crippen LogP contribution is -2.14. The van der Waals surface area contributed by atoms with E-state index in [0.29, 0.717) is 22.7 Å². The number of nitrogens with one attached hydrogen (secondary N) is 1. The number of oxazole rings is 1. The van der Waals surface area contributed by atoms with E-state index >= 15 is 0 Å². The summed E-state index contributed by atoms with van der Waals surface area (Å²) in [6.45, 7) is 3.34. The Hall–Kier alpha value is -2.17. The molecule has 0 bridgehead atoms. The van der Waals surface area contributed by atoms with Crippen LogP contribution in [0.15, 0.2) is 22.6 Å². The van der Waals surface area contributed by atoms with Gasteiger partial charge in [-0.25, -0.2) is 4.98 Å². The quantitative estimate of drug-likeness (QED) is 0.840. The van der Waals surface area contributed by atoms with Crippen molar-refractivity contribution in [3.8, 4) is 0 Å². The van der Waals surface area contributed by atoms with E-state index in [0.717, 1.165) is 6.42 Å². The minimum atomic E-state index is -0.318. The first-order valence-electron chi connectivity index (χ1n) is 5.77. The lowest BCUT2D eigenvalue weighted by atomic mass is 10.2. The lowest BCUT2D eigenvalue weighted by Gasteiger charge is -2.02. The van der Waals surface area contributed by atoms with E-state index < -0.39 is 0 Å². The van der Waals surface area contributed by atoms with Crippen LogP contribution in [0.3, 0.4) is 0 Å². The lowest BCUT2D eigenvalue weighted by molar-refractivity contribution is -0.124. The highest BCUT2D eigenvalue weighted by atomic mass is 16.3. The van der Waals surface area contributed by atoms with Gasteiger partial charge >= 0.3 is 0 Å². The van der Waals surface area contributed by atoms with Crippen molar-refractivity contribution in [1.29, 1.82) is 0 Å². The Bertz CT molecular complexity index is 601. The van der Waals surface area contributed by atoms with E-state index in [1.807, 2.05) is 6.92 Å². The Balaban J connectivity index is 2.19. The molecule has 2 rings (SSSR count). The highest BCUT2D eigenvalue weighted by Crippen LogP contribution is 2.20. The fourth-order valence-corrected chi connectivity index (χ4v) is 1.64. The number of amides is 1. The van der Waals surface area contributed by atoms with Gasteiger partial charge in [-0.05, 0) is 25.1 Å². The van der Waals surface area contributed by atoms with Crippen molar-refractivity contribution < 1.29 is 14.0 Å². The third-order valence-electron chi connectivity index (χ3n) is 2.43. The van der Waals surface area contributed by atoms with Crippen LogP contribution in [0, 0.1) is 0 Å². The molecule has 0 aliphatic carbocycles. The van der Waals surface area contributed by atoms with E-state index in [-0.39, 0.29) is 18.1 Å². The summed E-state index contributed by atoms with van der Waals surface area (Å²) in [5.41, 5.74) is 2.01. The SMILES string of the molecule is CCc1nc2cc(NC(=O)CC(C)=O)ccc2o1. The number of anilines is 1. The smallest absolute Gasteiger partial charge is 0.231 e. The van der Waals surface area contributed by atoms with Gasteiger partial charge in [0, 0.05) is 12.1 Å². The highest BCUT2D eigenvalue weighted by molar-refractivity contribution is 6.04. The Morgan fingerprint density at radius 2 is 2.17 bits per heavy atom. The molecule has 5 heteroatoms. The summed E-state index contributed by atoms with van der Waals surface area (Å²) in [7, 11) is 0. The highest BCUT2D eigenvalue weighted by Gasteiger charge is 2.08. The van der Waals surface area contributed by atoms with Gasteiger partial charge < -0.3 is 9.73 Å². The standard InChI is InChI=1S/C13H14N2O3/c1-3-13-15-10-7-9(4-5-11(10)18-13)14-12(17)6-8(2)16/h4-5,7H,3,6H2,1-2H3,(H,14,17). The number of carbonyl (C=O) groups is 2. The summed E-state index contributed by atoms with van der Waals surface area (Å²) in [5, 5.41) is 2.65.